The zero-order chi connectivity index (χ0) is 14.0. The second-order valence-corrected chi connectivity index (χ2v) is 6.17. The highest BCUT2D eigenvalue weighted by molar-refractivity contribution is 7.89. The van der Waals surface area contributed by atoms with Crippen molar-refractivity contribution in [2.45, 2.75) is 30.7 Å². The zero-order valence-corrected chi connectivity index (χ0v) is 11.5. The molecule has 2 N–H and O–H groups in total. The number of carbonyl (C=O) groups is 1. The molecule has 1 aromatic rings. The molecule has 0 saturated heterocycles. The van der Waals surface area contributed by atoms with E-state index >= 15 is 0 Å². The van der Waals surface area contributed by atoms with Crippen LogP contribution in [0.2, 0.25) is 5.02 Å². The van der Waals surface area contributed by atoms with Crippen LogP contribution in [0.15, 0.2) is 29.2 Å². The lowest BCUT2D eigenvalue weighted by molar-refractivity contribution is -0.143. The molecular weight excluding hydrogens is 278 g/mol. The first-order chi connectivity index (χ1) is 8.21. The fourth-order valence-electron chi connectivity index (χ4n) is 1.26. The normalized spacial score (nSPS) is 15.1. The van der Waals surface area contributed by atoms with E-state index in [0.29, 0.717) is 0 Å². The molecule has 1 aromatic carbocycles. The Bertz CT molecular complexity index is 558. The van der Waals surface area contributed by atoms with Gasteiger partial charge in [-0.3, -0.25) is 4.79 Å². The molecule has 1 unspecified atom stereocenters. The van der Waals surface area contributed by atoms with Crippen LogP contribution in [0.4, 0.5) is 0 Å². The number of nitrogens with one attached hydrogen (secondary N) is 1. The van der Waals surface area contributed by atoms with Crippen molar-refractivity contribution in [1.82, 2.24) is 4.72 Å². The molecule has 0 spiro atoms. The summed E-state index contributed by atoms with van der Waals surface area (Å²) in [5.74, 6) is -1.23. The fourth-order valence-corrected chi connectivity index (χ4v) is 2.99. The molecule has 0 aliphatic carbocycles. The third-order valence-electron chi connectivity index (χ3n) is 2.65. The summed E-state index contributed by atoms with van der Waals surface area (Å²) in [4.78, 5) is 11.0. The first-order valence-corrected chi connectivity index (χ1v) is 7.10. The van der Waals surface area contributed by atoms with Gasteiger partial charge in [-0.2, -0.15) is 4.72 Å². The van der Waals surface area contributed by atoms with E-state index in [2.05, 4.69) is 4.72 Å². The van der Waals surface area contributed by atoms with Crippen molar-refractivity contribution >= 4 is 27.6 Å². The van der Waals surface area contributed by atoms with Crippen LogP contribution in [0.3, 0.4) is 0 Å². The van der Waals surface area contributed by atoms with Crippen LogP contribution in [0.1, 0.15) is 20.3 Å². The number of aliphatic carboxylic acids is 1. The number of halogens is 1. The van der Waals surface area contributed by atoms with Crippen LogP contribution in [0.25, 0.3) is 0 Å². The van der Waals surface area contributed by atoms with E-state index in [1.165, 1.54) is 31.2 Å². The Morgan fingerprint density at radius 2 is 2.11 bits per heavy atom. The van der Waals surface area contributed by atoms with Gasteiger partial charge in [0.15, 0.2) is 0 Å². The molecule has 7 heteroatoms. The maximum absolute atomic E-state index is 12.0. The van der Waals surface area contributed by atoms with Crippen LogP contribution in [-0.4, -0.2) is 25.0 Å². The molecule has 1 atom stereocenters. The number of benzene rings is 1. The SMILES string of the molecule is CCC(C)(NS(=O)(=O)c1cccc(Cl)c1)C(=O)O. The summed E-state index contributed by atoms with van der Waals surface area (Å²) in [5.41, 5.74) is -1.54. The van der Waals surface area contributed by atoms with Gasteiger partial charge < -0.3 is 5.11 Å². The second-order valence-electron chi connectivity index (χ2n) is 4.05. The minimum Gasteiger partial charge on any atom is -0.480 e. The quantitative estimate of drug-likeness (QED) is 0.867. The van der Waals surface area contributed by atoms with Gasteiger partial charge in [-0.05, 0) is 31.5 Å². The standard InChI is InChI=1S/C11H14ClNO4S/c1-3-11(2,10(14)15)13-18(16,17)9-6-4-5-8(12)7-9/h4-7,13H,3H2,1-2H3,(H,14,15). The van der Waals surface area contributed by atoms with Crippen molar-refractivity contribution in [3.8, 4) is 0 Å². The van der Waals surface area contributed by atoms with Gasteiger partial charge in [0.05, 0.1) is 4.90 Å². The van der Waals surface area contributed by atoms with Crippen molar-refractivity contribution in [2.75, 3.05) is 0 Å². The van der Waals surface area contributed by atoms with Gasteiger partial charge in [0.25, 0.3) is 0 Å². The molecule has 5 nitrogen and oxygen atoms in total. The predicted octanol–water partition coefficient (Wildman–Crippen LogP) is 1.87. The van der Waals surface area contributed by atoms with E-state index in [1.807, 2.05) is 0 Å². The van der Waals surface area contributed by atoms with Gasteiger partial charge in [0.1, 0.15) is 5.54 Å². The number of carboxylic acids is 1. The Morgan fingerprint density at radius 1 is 1.50 bits per heavy atom. The van der Waals surface area contributed by atoms with Gasteiger partial charge in [-0.1, -0.05) is 24.6 Å². The van der Waals surface area contributed by atoms with E-state index < -0.39 is 21.5 Å². The summed E-state index contributed by atoms with van der Waals surface area (Å²) in [7, 11) is -3.91. The van der Waals surface area contributed by atoms with Gasteiger partial charge in [-0.25, -0.2) is 8.42 Å². The van der Waals surface area contributed by atoms with Crippen molar-refractivity contribution in [2.24, 2.45) is 0 Å². The largest absolute Gasteiger partial charge is 0.480 e. The van der Waals surface area contributed by atoms with Crippen LogP contribution in [0, 0.1) is 0 Å². The van der Waals surface area contributed by atoms with Crippen LogP contribution in [0.5, 0.6) is 0 Å². The van der Waals surface area contributed by atoms with Crippen LogP contribution in [-0.2, 0) is 14.8 Å². The van der Waals surface area contributed by atoms with Crippen molar-refractivity contribution in [1.29, 1.82) is 0 Å². The highest BCUT2D eigenvalue weighted by atomic mass is 35.5. The Morgan fingerprint density at radius 3 is 2.56 bits per heavy atom. The number of rotatable bonds is 5. The average Bonchev–Trinajstić information content (AvgIpc) is 2.28. The van der Waals surface area contributed by atoms with Crippen molar-refractivity contribution in [3.05, 3.63) is 29.3 Å². The molecule has 0 radical (unpaired) electrons. The summed E-state index contributed by atoms with van der Waals surface area (Å²) in [6, 6.07) is 5.64. The molecule has 18 heavy (non-hydrogen) atoms. The molecule has 0 amide bonds. The summed E-state index contributed by atoms with van der Waals surface area (Å²) in [6.45, 7) is 2.91. The fraction of sp³-hybridized carbons (Fsp3) is 0.364. The molecule has 0 heterocycles. The number of hydrogen-bond donors (Lipinski definition) is 2. The molecule has 1 rings (SSSR count). The topological polar surface area (TPSA) is 83.5 Å². The average molecular weight is 292 g/mol. The highest BCUT2D eigenvalue weighted by Gasteiger charge is 2.36. The summed E-state index contributed by atoms with van der Waals surface area (Å²) >= 11 is 5.71. The Balaban J connectivity index is 3.13. The third-order valence-corrected chi connectivity index (χ3v) is 4.47. The second kappa shape index (κ2) is 5.26. The molecule has 0 aliphatic heterocycles. The molecule has 0 aromatic heterocycles. The first kappa shape index (κ1) is 14.9. The van der Waals surface area contributed by atoms with E-state index in [0.717, 1.165) is 0 Å². The van der Waals surface area contributed by atoms with Gasteiger partial charge in [0, 0.05) is 5.02 Å². The summed E-state index contributed by atoms with van der Waals surface area (Å²) in [5, 5.41) is 9.31. The van der Waals surface area contributed by atoms with E-state index in [-0.39, 0.29) is 16.3 Å². The van der Waals surface area contributed by atoms with Crippen LogP contribution < -0.4 is 4.72 Å². The lowest BCUT2D eigenvalue weighted by atomic mass is 10.0. The third kappa shape index (κ3) is 3.22. The summed E-state index contributed by atoms with van der Waals surface area (Å²) < 4.78 is 26.2. The minimum absolute atomic E-state index is 0.0593. The Kier molecular flexibility index (Phi) is 4.37. The van der Waals surface area contributed by atoms with Gasteiger partial charge in [0.2, 0.25) is 10.0 Å². The maximum atomic E-state index is 12.0. The van der Waals surface area contributed by atoms with Gasteiger partial charge in [-0.15, -0.1) is 0 Å². The molecule has 0 fully saturated rings. The maximum Gasteiger partial charge on any atom is 0.324 e. The molecule has 0 saturated carbocycles. The van der Waals surface area contributed by atoms with E-state index in [1.54, 1.807) is 6.92 Å². The number of hydrogen-bond acceptors (Lipinski definition) is 3. The number of carboxylic acid groups (broad SMARTS) is 1. The number of sulfonamides is 1. The summed E-state index contributed by atoms with van der Waals surface area (Å²) in [6.07, 6.45) is 0.127. The molecular formula is C11H14ClNO4S. The predicted molar refractivity (Wildman–Crippen MR) is 68.1 cm³/mol. The highest BCUT2D eigenvalue weighted by Crippen LogP contribution is 2.19. The van der Waals surface area contributed by atoms with Gasteiger partial charge >= 0.3 is 5.97 Å². The lowest BCUT2D eigenvalue weighted by Gasteiger charge is -2.24. The zero-order valence-electron chi connectivity index (χ0n) is 9.97. The Labute approximate surface area is 111 Å². The van der Waals surface area contributed by atoms with E-state index in [4.69, 9.17) is 16.7 Å². The lowest BCUT2D eigenvalue weighted by Crippen LogP contribution is -2.51. The minimum atomic E-state index is -3.91. The first-order valence-electron chi connectivity index (χ1n) is 5.24. The van der Waals surface area contributed by atoms with Crippen molar-refractivity contribution in [3.63, 3.8) is 0 Å². The molecule has 0 bridgehead atoms. The molecule has 100 valence electrons. The smallest absolute Gasteiger partial charge is 0.324 e. The van der Waals surface area contributed by atoms with Crippen LogP contribution >= 0.6 is 11.6 Å². The molecule has 0 aliphatic rings. The Hall–Kier alpha value is -1.11. The van der Waals surface area contributed by atoms with E-state index in [9.17, 15) is 13.2 Å². The van der Waals surface area contributed by atoms with Crippen molar-refractivity contribution < 1.29 is 18.3 Å². The monoisotopic (exact) mass is 291 g/mol.